The van der Waals surface area contributed by atoms with Crippen LogP contribution in [-0.2, 0) is 4.79 Å². The fourth-order valence-corrected chi connectivity index (χ4v) is 3.71. The van der Waals surface area contributed by atoms with Crippen molar-refractivity contribution >= 4 is 34.0 Å². The lowest BCUT2D eigenvalue weighted by molar-refractivity contribution is -0.111. The van der Waals surface area contributed by atoms with E-state index in [-0.39, 0.29) is 5.91 Å². The van der Waals surface area contributed by atoms with E-state index in [9.17, 15) is 4.79 Å². The Labute approximate surface area is 160 Å². The number of oxazole rings is 1. The minimum absolute atomic E-state index is 0.195. The molecular weight excluding hydrogens is 360 g/mol. The summed E-state index contributed by atoms with van der Waals surface area (Å²) < 4.78 is 7.51. The van der Waals surface area contributed by atoms with E-state index in [4.69, 9.17) is 4.42 Å². The zero-order valence-corrected chi connectivity index (χ0v) is 16.0. The number of amides is 1. The van der Waals surface area contributed by atoms with Gasteiger partial charge in [-0.2, -0.15) is 0 Å². The molecule has 7 heteroatoms. The molecule has 4 rings (SSSR count). The van der Waals surface area contributed by atoms with Crippen LogP contribution in [0.1, 0.15) is 22.2 Å². The summed E-state index contributed by atoms with van der Waals surface area (Å²) in [4.78, 5) is 23.0. The van der Waals surface area contributed by atoms with Gasteiger partial charge in [0.05, 0.1) is 17.6 Å². The van der Waals surface area contributed by atoms with Crippen molar-refractivity contribution in [2.24, 2.45) is 0 Å². The first-order chi connectivity index (χ1) is 13.0. The molecule has 136 valence electrons. The Morgan fingerprint density at radius 3 is 2.70 bits per heavy atom. The van der Waals surface area contributed by atoms with Crippen molar-refractivity contribution in [3.05, 3.63) is 64.9 Å². The highest BCUT2D eigenvalue weighted by molar-refractivity contribution is 7.17. The summed E-state index contributed by atoms with van der Waals surface area (Å²) >= 11 is 1.63. The molecule has 3 aromatic heterocycles. The summed E-state index contributed by atoms with van der Waals surface area (Å²) in [6, 6.07) is 7.45. The summed E-state index contributed by atoms with van der Waals surface area (Å²) in [5.74, 6) is 1.13. The summed E-state index contributed by atoms with van der Waals surface area (Å²) in [5.41, 5.74) is 3.44. The molecule has 0 spiro atoms. The van der Waals surface area contributed by atoms with Crippen molar-refractivity contribution in [2.45, 2.75) is 20.8 Å². The first-order valence-corrected chi connectivity index (χ1v) is 9.28. The normalized spacial score (nSPS) is 11.5. The average Bonchev–Trinajstić information content (AvgIpc) is 3.28. The van der Waals surface area contributed by atoms with Crippen molar-refractivity contribution < 1.29 is 9.21 Å². The molecule has 27 heavy (non-hydrogen) atoms. The van der Waals surface area contributed by atoms with E-state index in [2.05, 4.69) is 15.3 Å². The number of rotatable bonds is 4. The van der Waals surface area contributed by atoms with Gasteiger partial charge in [0.2, 0.25) is 5.91 Å². The van der Waals surface area contributed by atoms with Gasteiger partial charge in [0.15, 0.2) is 16.6 Å². The van der Waals surface area contributed by atoms with E-state index >= 15 is 0 Å². The van der Waals surface area contributed by atoms with Gasteiger partial charge in [-0.1, -0.05) is 0 Å². The van der Waals surface area contributed by atoms with Gasteiger partial charge in [0.25, 0.3) is 0 Å². The molecule has 0 fully saturated rings. The number of imidazole rings is 1. The number of hydrogen-bond donors (Lipinski definition) is 1. The summed E-state index contributed by atoms with van der Waals surface area (Å²) in [6.45, 7) is 5.78. The molecule has 0 saturated carbocycles. The topological polar surface area (TPSA) is 72.4 Å². The Balaban J connectivity index is 1.47. The number of benzene rings is 1. The number of aryl methyl sites for hydroxylation is 3. The quantitative estimate of drug-likeness (QED) is 0.526. The predicted molar refractivity (Wildman–Crippen MR) is 107 cm³/mol. The number of nitrogens with one attached hydrogen (secondary N) is 1. The van der Waals surface area contributed by atoms with Gasteiger partial charge in [0, 0.05) is 35.3 Å². The van der Waals surface area contributed by atoms with Crippen molar-refractivity contribution in [2.75, 3.05) is 5.32 Å². The lowest BCUT2D eigenvalue weighted by Crippen LogP contribution is -2.07. The first kappa shape index (κ1) is 17.2. The molecule has 0 saturated heterocycles. The van der Waals surface area contributed by atoms with Gasteiger partial charge in [-0.15, -0.1) is 11.3 Å². The van der Waals surface area contributed by atoms with Crippen LogP contribution in [0.4, 0.5) is 5.69 Å². The average molecular weight is 378 g/mol. The van der Waals surface area contributed by atoms with Gasteiger partial charge in [0.1, 0.15) is 0 Å². The number of anilines is 1. The monoisotopic (exact) mass is 378 g/mol. The number of carbonyl (C=O) groups excluding carboxylic acids is 1. The second-order valence-electron chi connectivity index (χ2n) is 6.22. The molecule has 1 amide bonds. The minimum Gasteiger partial charge on any atom is -0.441 e. The van der Waals surface area contributed by atoms with Crippen molar-refractivity contribution in [1.29, 1.82) is 0 Å². The highest BCUT2D eigenvalue weighted by Gasteiger charge is 2.09. The second kappa shape index (κ2) is 6.85. The minimum atomic E-state index is -0.195. The lowest BCUT2D eigenvalue weighted by atomic mass is 10.1. The number of carbonyl (C=O) groups is 1. The number of thiazole rings is 1. The lowest BCUT2D eigenvalue weighted by Gasteiger charge is -2.03. The van der Waals surface area contributed by atoms with Gasteiger partial charge in [-0.05, 0) is 44.2 Å². The Morgan fingerprint density at radius 2 is 2.00 bits per heavy atom. The smallest absolute Gasteiger partial charge is 0.248 e. The molecule has 4 aromatic rings. The van der Waals surface area contributed by atoms with Crippen LogP contribution in [0.5, 0.6) is 0 Å². The fourth-order valence-electron chi connectivity index (χ4n) is 2.83. The van der Waals surface area contributed by atoms with Crippen molar-refractivity contribution in [3.63, 3.8) is 0 Å². The molecule has 3 heterocycles. The van der Waals surface area contributed by atoms with Gasteiger partial charge in [-0.25, -0.2) is 9.97 Å². The van der Waals surface area contributed by atoms with Crippen molar-refractivity contribution in [1.82, 2.24) is 14.4 Å². The van der Waals surface area contributed by atoms with Crippen molar-refractivity contribution in [3.8, 4) is 11.3 Å². The molecule has 0 unspecified atom stereocenters. The maximum atomic E-state index is 12.3. The van der Waals surface area contributed by atoms with E-state index in [1.54, 1.807) is 30.5 Å². The van der Waals surface area contributed by atoms with Gasteiger partial charge < -0.3 is 9.73 Å². The first-order valence-electron chi connectivity index (χ1n) is 8.46. The van der Waals surface area contributed by atoms with E-state index in [1.165, 1.54) is 11.0 Å². The molecule has 1 aromatic carbocycles. The molecule has 0 bridgehead atoms. The summed E-state index contributed by atoms with van der Waals surface area (Å²) in [7, 11) is 0. The highest BCUT2D eigenvalue weighted by Crippen LogP contribution is 2.23. The molecule has 6 nitrogen and oxygen atoms in total. The van der Waals surface area contributed by atoms with Crippen LogP contribution < -0.4 is 5.32 Å². The van der Waals surface area contributed by atoms with E-state index < -0.39 is 0 Å². The second-order valence-corrected chi connectivity index (χ2v) is 7.43. The zero-order valence-electron chi connectivity index (χ0n) is 15.2. The number of hydrogen-bond acceptors (Lipinski definition) is 5. The molecule has 0 aliphatic heterocycles. The molecule has 0 aliphatic rings. The summed E-state index contributed by atoms with van der Waals surface area (Å²) in [5, 5.41) is 2.86. The largest absolute Gasteiger partial charge is 0.441 e. The van der Waals surface area contributed by atoms with Crippen LogP contribution in [0.3, 0.4) is 0 Å². The fraction of sp³-hybridized carbons (Fsp3) is 0.150. The summed E-state index contributed by atoms with van der Waals surface area (Å²) in [6.07, 6.45) is 7.04. The van der Waals surface area contributed by atoms with Crippen LogP contribution in [0, 0.1) is 20.8 Å². The number of fused-ring (bicyclic) bond motifs is 1. The highest BCUT2D eigenvalue weighted by atomic mass is 32.1. The molecular formula is C20H18N4O2S. The maximum Gasteiger partial charge on any atom is 0.248 e. The van der Waals surface area contributed by atoms with E-state index in [1.807, 2.05) is 48.7 Å². The van der Waals surface area contributed by atoms with Crippen LogP contribution >= 0.6 is 11.3 Å². The van der Waals surface area contributed by atoms with Crippen LogP contribution in [0.25, 0.3) is 22.4 Å². The van der Waals surface area contributed by atoms with E-state index in [0.29, 0.717) is 17.3 Å². The van der Waals surface area contributed by atoms with Crippen LogP contribution in [0.2, 0.25) is 0 Å². The molecule has 1 N–H and O–H groups in total. The predicted octanol–water partition coefficient (Wildman–Crippen LogP) is 4.63. The third kappa shape index (κ3) is 3.54. The third-order valence-corrected chi connectivity index (χ3v) is 5.01. The molecule has 0 aliphatic carbocycles. The molecule has 0 atom stereocenters. The van der Waals surface area contributed by atoms with E-state index in [0.717, 1.165) is 21.9 Å². The number of aromatic nitrogens is 3. The van der Waals surface area contributed by atoms with Crippen LogP contribution in [-0.4, -0.2) is 20.3 Å². The Bertz CT molecular complexity index is 1150. The van der Waals surface area contributed by atoms with Gasteiger partial charge in [-0.3, -0.25) is 9.20 Å². The standard InChI is InChI=1S/C20H18N4O2S/c1-12-11-24-17(13(2)22-20(24)27-12)8-9-19(25)23-16-6-4-15(5-7-16)18-10-21-14(3)26-18/h4-11H,1-3H3,(H,23,25)/b9-8+. The molecule has 0 radical (unpaired) electrons. The Hall–Kier alpha value is -3.19. The Morgan fingerprint density at radius 1 is 1.22 bits per heavy atom. The zero-order chi connectivity index (χ0) is 19.0. The van der Waals surface area contributed by atoms with Crippen LogP contribution in [0.15, 0.2) is 47.2 Å². The van der Waals surface area contributed by atoms with Gasteiger partial charge >= 0.3 is 0 Å². The number of nitrogens with zero attached hydrogens (tertiary/aromatic N) is 3. The third-order valence-electron chi connectivity index (χ3n) is 4.11. The SMILES string of the molecule is Cc1ncc(-c2ccc(NC(=O)/C=C/c3c(C)nc4sc(C)cn34)cc2)o1. The maximum absolute atomic E-state index is 12.3. The Kier molecular flexibility index (Phi) is 4.37.